The average Bonchev–Trinajstić information content (AvgIpc) is 2.76. The zero-order valence-corrected chi connectivity index (χ0v) is 10.5. The number of anilines is 1. The number of carboxylic acids is 1. The first kappa shape index (κ1) is 12.2. The lowest BCUT2D eigenvalue weighted by molar-refractivity contribution is -0.110. The summed E-state index contributed by atoms with van der Waals surface area (Å²) in [4.78, 5) is 22.9. The Morgan fingerprint density at radius 1 is 1.10 bits per heavy atom. The Balaban J connectivity index is 2.07. The Morgan fingerprint density at radius 3 is 2.70 bits per heavy atom. The summed E-state index contributed by atoms with van der Waals surface area (Å²) >= 11 is 0. The topological polar surface area (TPSA) is 66.4 Å². The number of carbonyl (C=O) groups is 2. The van der Waals surface area contributed by atoms with E-state index in [0.29, 0.717) is 11.1 Å². The van der Waals surface area contributed by atoms with Gasteiger partial charge in [0.05, 0.1) is 5.56 Å². The molecule has 1 aliphatic rings. The number of hydrogen-bond donors (Lipinski definition) is 2. The molecule has 20 heavy (non-hydrogen) atoms. The van der Waals surface area contributed by atoms with E-state index in [-0.39, 0.29) is 11.5 Å². The molecule has 0 aliphatic carbocycles. The molecule has 1 aliphatic heterocycles. The zero-order valence-electron chi connectivity index (χ0n) is 10.5. The van der Waals surface area contributed by atoms with Crippen molar-refractivity contribution in [2.24, 2.45) is 0 Å². The third-order valence-corrected chi connectivity index (χ3v) is 3.15. The highest BCUT2D eigenvalue weighted by Gasteiger charge is 2.23. The summed E-state index contributed by atoms with van der Waals surface area (Å²) in [5.41, 5.74) is 3.04. The number of carboxylic acid groups (broad SMARTS) is 1. The van der Waals surface area contributed by atoms with Crippen molar-refractivity contribution in [1.82, 2.24) is 0 Å². The van der Waals surface area contributed by atoms with Crippen LogP contribution < -0.4 is 5.32 Å². The number of carbonyl (C=O) groups excluding carboxylic acids is 1. The summed E-state index contributed by atoms with van der Waals surface area (Å²) in [6.07, 6.45) is 1.70. The van der Waals surface area contributed by atoms with E-state index < -0.39 is 5.97 Å². The maximum Gasteiger partial charge on any atom is 0.335 e. The van der Waals surface area contributed by atoms with Crippen LogP contribution in [-0.4, -0.2) is 17.0 Å². The van der Waals surface area contributed by atoms with E-state index in [1.54, 1.807) is 24.3 Å². The largest absolute Gasteiger partial charge is 0.478 e. The second kappa shape index (κ2) is 4.66. The summed E-state index contributed by atoms with van der Waals surface area (Å²) in [5.74, 6) is -1.16. The molecule has 0 spiro atoms. The molecule has 0 unspecified atom stereocenters. The lowest BCUT2D eigenvalue weighted by Gasteiger charge is -2.00. The summed E-state index contributed by atoms with van der Waals surface area (Å²) in [6, 6.07) is 13.9. The Morgan fingerprint density at radius 2 is 1.90 bits per heavy atom. The fourth-order valence-electron chi connectivity index (χ4n) is 2.21. The Bertz CT molecular complexity index is 747. The van der Waals surface area contributed by atoms with E-state index in [9.17, 15) is 9.59 Å². The molecule has 0 saturated carbocycles. The maximum atomic E-state index is 12.0. The van der Waals surface area contributed by atoms with Crippen molar-refractivity contribution in [3.05, 3.63) is 65.2 Å². The fraction of sp³-hybridized carbons (Fsp3) is 0. The van der Waals surface area contributed by atoms with Gasteiger partial charge in [0.15, 0.2) is 0 Å². The van der Waals surface area contributed by atoms with Crippen LogP contribution in [0.15, 0.2) is 48.5 Å². The van der Waals surface area contributed by atoms with Crippen LogP contribution in [0.25, 0.3) is 11.6 Å². The molecule has 0 saturated heterocycles. The molecule has 2 aromatic carbocycles. The van der Waals surface area contributed by atoms with Gasteiger partial charge in [0.25, 0.3) is 5.91 Å². The van der Waals surface area contributed by atoms with Crippen LogP contribution in [0.3, 0.4) is 0 Å². The van der Waals surface area contributed by atoms with Gasteiger partial charge >= 0.3 is 5.97 Å². The second-order valence-corrected chi connectivity index (χ2v) is 4.49. The number of para-hydroxylation sites is 1. The lowest BCUT2D eigenvalue weighted by atomic mass is 10.0. The molecule has 4 heteroatoms. The molecule has 0 atom stereocenters. The van der Waals surface area contributed by atoms with Gasteiger partial charge in [0.1, 0.15) is 0 Å². The van der Waals surface area contributed by atoms with Crippen LogP contribution in [0.1, 0.15) is 21.5 Å². The van der Waals surface area contributed by atoms with Gasteiger partial charge in [-0.15, -0.1) is 0 Å². The molecule has 0 fully saturated rings. The fourth-order valence-corrected chi connectivity index (χ4v) is 2.21. The number of benzene rings is 2. The van der Waals surface area contributed by atoms with Crippen molar-refractivity contribution in [2.75, 3.05) is 5.32 Å². The van der Waals surface area contributed by atoms with Gasteiger partial charge in [-0.25, -0.2) is 4.79 Å². The van der Waals surface area contributed by atoms with Crippen LogP contribution in [0.4, 0.5) is 5.69 Å². The average molecular weight is 265 g/mol. The normalized spacial score (nSPS) is 15.0. The molecule has 0 bridgehead atoms. The minimum Gasteiger partial charge on any atom is -0.478 e. The van der Waals surface area contributed by atoms with Crippen LogP contribution in [0, 0.1) is 0 Å². The molecule has 0 aromatic heterocycles. The Hall–Kier alpha value is -2.88. The number of aromatic carboxylic acids is 1. The van der Waals surface area contributed by atoms with Crippen LogP contribution in [0.5, 0.6) is 0 Å². The SMILES string of the molecule is O=C1Nc2ccccc2/C1=C/c1cccc(C(=O)O)c1. The third kappa shape index (κ3) is 2.07. The first-order chi connectivity index (χ1) is 9.65. The molecular formula is C16H11NO3. The maximum absolute atomic E-state index is 12.0. The van der Waals surface area contributed by atoms with Crippen LogP contribution in [0.2, 0.25) is 0 Å². The predicted molar refractivity (Wildman–Crippen MR) is 76.3 cm³/mol. The van der Waals surface area contributed by atoms with Crippen LogP contribution >= 0.6 is 0 Å². The van der Waals surface area contributed by atoms with Gasteiger partial charge in [0.2, 0.25) is 0 Å². The van der Waals surface area contributed by atoms with Crippen molar-refractivity contribution in [3.8, 4) is 0 Å². The molecule has 0 radical (unpaired) electrons. The molecule has 2 aromatic rings. The summed E-state index contributed by atoms with van der Waals surface area (Å²) in [7, 11) is 0. The second-order valence-electron chi connectivity index (χ2n) is 4.49. The van der Waals surface area contributed by atoms with Gasteiger partial charge in [-0.3, -0.25) is 4.79 Å². The molecule has 1 heterocycles. The Kier molecular flexibility index (Phi) is 2.84. The predicted octanol–water partition coefficient (Wildman–Crippen LogP) is 2.88. The van der Waals surface area contributed by atoms with Crippen molar-refractivity contribution < 1.29 is 14.7 Å². The van der Waals surface area contributed by atoms with Gasteiger partial charge in [-0.1, -0.05) is 30.3 Å². The van der Waals surface area contributed by atoms with Crippen molar-refractivity contribution in [2.45, 2.75) is 0 Å². The van der Waals surface area contributed by atoms with Gasteiger partial charge < -0.3 is 10.4 Å². The highest BCUT2D eigenvalue weighted by atomic mass is 16.4. The lowest BCUT2D eigenvalue weighted by Crippen LogP contribution is -2.03. The minimum atomic E-state index is -0.985. The van der Waals surface area contributed by atoms with E-state index >= 15 is 0 Å². The molecule has 1 amide bonds. The van der Waals surface area contributed by atoms with Gasteiger partial charge in [0, 0.05) is 16.8 Å². The number of fused-ring (bicyclic) bond motifs is 1. The van der Waals surface area contributed by atoms with Crippen LogP contribution in [-0.2, 0) is 4.79 Å². The summed E-state index contributed by atoms with van der Waals surface area (Å²) < 4.78 is 0. The van der Waals surface area contributed by atoms with Crippen molar-refractivity contribution >= 4 is 29.2 Å². The number of hydrogen-bond acceptors (Lipinski definition) is 2. The number of nitrogens with one attached hydrogen (secondary N) is 1. The zero-order chi connectivity index (χ0) is 14.1. The number of amides is 1. The minimum absolute atomic E-state index is 0.174. The number of rotatable bonds is 2. The van der Waals surface area contributed by atoms with Gasteiger partial charge in [-0.2, -0.15) is 0 Å². The van der Waals surface area contributed by atoms with E-state index in [2.05, 4.69) is 5.32 Å². The molecule has 4 nitrogen and oxygen atoms in total. The first-order valence-corrected chi connectivity index (χ1v) is 6.11. The smallest absolute Gasteiger partial charge is 0.335 e. The first-order valence-electron chi connectivity index (χ1n) is 6.11. The third-order valence-electron chi connectivity index (χ3n) is 3.15. The monoisotopic (exact) mass is 265 g/mol. The van der Waals surface area contributed by atoms with E-state index in [0.717, 1.165) is 11.3 Å². The summed E-state index contributed by atoms with van der Waals surface area (Å²) in [6.45, 7) is 0. The van der Waals surface area contributed by atoms with Crippen molar-refractivity contribution in [1.29, 1.82) is 0 Å². The highest BCUT2D eigenvalue weighted by Crippen LogP contribution is 2.32. The van der Waals surface area contributed by atoms with E-state index in [1.807, 2.05) is 24.3 Å². The summed E-state index contributed by atoms with van der Waals surface area (Å²) in [5, 5.41) is 11.8. The molecule has 98 valence electrons. The van der Waals surface area contributed by atoms with E-state index in [1.165, 1.54) is 6.07 Å². The van der Waals surface area contributed by atoms with Crippen molar-refractivity contribution in [3.63, 3.8) is 0 Å². The Labute approximate surface area is 115 Å². The highest BCUT2D eigenvalue weighted by molar-refractivity contribution is 6.34. The molecular weight excluding hydrogens is 254 g/mol. The standard InChI is InChI=1S/C16H11NO3/c18-15-13(12-6-1-2-7-14(12)17-15)9-10-4-3-5-11(8-10)16(19)20/h1-9H,(H,17,18)(H,19,20)/b13-9-. The van der Waals surface area contributed by atoms with E-state index in [4.69, 9.17) is 5.11 Å². The van der Waals surface area contributed by atoms with Gasteiger partial charge in [-0.05, 0) is 29.8 Å². The quantitative estimate of drug-likeness (QED) is 0.820. The molecule has 3 rings (SSSR count). The molecule has 2 N–H and O–H groups in total.